The van der Waals surface area contributed by atoms with Crippen LogP contribution in [0.4, 0.5) is 0 Å². The number of benzene rings is 1. The van der Waals surface area contributed by atoms with E-state index >= 15 is 0 Å². The zero-order valence-electron chi connectivity index (χ0n) is 18.2. The number of ketones is 1. The van der Waals surface area contributed by atoms with E-state index < -0.39 is 18.0 Å². The molecule has 0 spiro atoms. The molecule has 3 atom stereocenters. The molecule has 0 saturated heterocycles. The zero-order valence-corrected chi connectivity index (χ0v) is 18.2. The van der Waals surface area contributed by atoms with Gasteiger partial charge >= 0.3 is 5.97 Å². The highest BCUT2D eigenvalue weighted by Gasteiger charge is 2.40. The number of hydrogen-bond donors (Lipinski definition) is 2. The van der Waals surface area contributed by atoms with E-state index in [4.69, 9.17) is 9.47 Å². The van der Waals surface area contributed by atoms with Crippen molar-refractivity contribution in [2.45, 2.75) is 72.3 Å². The second-order valence-corrected chi connectivity index (χ2v) is 8.02. The summed E-state index contributed by atoms with van der Waals surface area (Å²) in [7, 11) is 1.32. The summed E-state index contributed by atoms with van der Waals surface area (Å²) in [6, 6.07) is 0. The summed E-state index contributed by atoms with van der Waals surface area (Å²) in [5.41, 5.74) is 1.82. The van der Waals surface area contributed by atoms with E-state index in [0.29, 0.717) is 12.0 Å². The average molecular weight is 405 g/mol. The number of Topliss-reactive ketones (excluding diaryl/α,β-unsaturated/α-hetero) is 1. The Labute approximate surface area is 172 Å². The lowest BCUT2D eigenvalue weighted by Gasteiger charge is -2.33. The molecule has 0 radical (unpaired) electrons. The normalized spacial score (nSPS) is 19.2. The van der Waals surface area contributed by atoms with Crippen LogP contribution in [0, 0.1) is 5.92 Å². The second kappa shape index (κ2) is 9.33. The van der Waals surface area contributed by atoms with Crippen LogP contribution in [0.1, 0.15) is 81.3 Å². The molecule has 0 fully saturated rings. The Kier molecular flexibility index (Phi) is 7.33. The maximum Gasteiger partial charge on any atom is 0.306 e. The van der Waals surface area contributed by atoms with Gasteiger partial charge in [0.05, 0.1) is 19.4 Å². The van der Waals surface area contributed by atoms with Gasteiger partial charge in [-0.3, -0.25) is 9.59 Å². The first-order valence-corrected chi connectivity index (χ1v) is 10.2. The van der Waals surface area contributed by atoms with Crippen LogP contribution in [0.2, 0.25) is 0 Å². The number of methoxy groups -OCH3 is 1. The molecule has 1 aromatic carbocycles. The van der Waals surface area contributed by atoms with Crippen LogP contribution in [0.3, 0.4) is 0 Å². The van der Waals surface area contributed by atoms with E-state index in [1.54, 1.807) is 13.8 Å². The molecule has 0 saturated carbocycles. The van der Waals surface area contributed by atoms with Crippen LogP contribution in [-0.2, 0) is 16.0 Å². The van der Waals surface area contributed by atoms with Crippen molar-refractivity contribution in [3.8, 4) is 17.2 Å². The Morgan fingerprint density at radius 2 is 1.90 bits per heavy atom. The quantitative estimate of drug-likeness (QED) is 0.507. The summed E-state index contributed by atoms with van der Waals surface area (Å²) < 4.78 is 10.9. The second-order valence-electron chi connectivity index (χ2n) is 8.02. The zero-order chi connectivity index (χ0) is 21.9. The van der Waals surface area contributed by atoms with E-state index in [0.717, 1.165) is 12.0 Å². The molecule has 6 heteroatoms. The number of esters is 1. The Morgan fingerprint density at radius 3 is 2.45 bits per heavy atom. The highest BCUT2D eigenvalue weighted by Crippen LogP contribution is 2.51. The summed E-state index contributed by atoms with van der Waals surface area (Å²) in [6.07, 6.45) is 3.16. The van der Waals surface area contributed by atoms with Crippen molar-refractivity contribution in [3.63, 3.8) is 0 Å². The van der Waals surface area contributed by atoms with Gasteiger partial charge in [-0.25, -0.2) is 0 Å². The standard InChI is InChI=1S/C23H32O6/c1-7-8-15(11-17(24)28-6)18-21(26)16(10-9-12(2)3)22(27)19-20(25)13(4)14(5)29-23(18)19/h9,13-15,26-27H,7-8,10-11H2,1-6H3/t13-,14+,15+/m0/s1. The number of rotatable bonds is 7. The number of carbonyl (C=O) groups excluding carboxylic acids is 2. The van der Waals surface area contributed by atoms with Crippen molar-refractivity contribution in [2.75, 3.05) is 7.11 Å². The molecule has 160 valence electrons. The van der Waals surface area contributed by atoms with E-state index in [1.807, 2.05) is 26.8 Å². The third-order valence-corrected chi connectivity index (χ3v) is 5.60. The van der Waals surface area contributed by atoms with Crippen molar-refractivity contribution < 1.29 is 29.3 Å². The minimum Gasteiger partial charge on any atom is -0.507 e. The molecule has 0 bridgehead atoms. The molecule has 0 aliphatic carbocycles. The largest absolute Gasteiger partial charge is 0.507 e. The highest BCUT2D eigenvalue weighted by atomic mass is 16.5. The minimum atomic E-state index is -0.424. The van der Waals surface area contributed by atoms with E-state index in [2.05, 4.69) is 0 Å². The molecule has 29 heavy (non-hydrogen) atoms. The van der Waals surface area contributed by atoms with Gasteiger partial charge in [-0.05, 0) is 33.6 Å². The Morgan fingerprint density at radius 1 is 1.24 bits per heavy atom. The number of aromatic hydroxyl groups is 2. The topological polar surface area (TPSA) is 93.1 Å². The fourth-order valence-corrected chi connectivity index (χ4v) is 3.71. The molecule has 1 aromatic rings. The molecule has 0 amide bonds. The lowest BCUT2D eigenvalue weighted by atomic mass is 9.81. The van der Waals surface area contributed by atoms with Gasteiger partial charge in [-0.2, -0.15) is 0 Å². The van der Waals surface area contributed by atoms with Crippen LogP contribution < -0.4 is 4.74 Å². The fraction of sp³-hybridized carbons (Fsp3) is 0.565. The molecular formula is C23H32O6. The van der Waals surface area contributed by atoms with Gasteiger partial charge in [-0.1, -0.05) is 31.9 Å². The van der Waals surface area contributed by atoms with Gasteiger partial charge in [0.15, 0.2) is 5.78 Å². The van der Waals surface area contributed by atoms with Crippen molar-refractivity contribution >= 4 is 11.8 Å². The van der Waals surface area contributed by atoms with Gasteiger partial charge < -0.3 is 19.7 Å². The molecule has 0 unspecified atom stereocenters. The first kappa shape index (κ1) is 22.8. The summed E-state index contributed by atoms with van der Waals surface area (Å²) in [6.45, 7) is 9.37. The van der Waals surface area contributed by atoms with Crippen molar-refractivity contribution in [1.29, 1.82) is 0 Å². The van der Waals surface area contributed by atoms with E-state index in [-0.39, 0.29) is 52.9 Å². The van der Waals surface area contributed by atoms with Crippen LogP contribution in [0.25, 0.3) is 0 Å². The van der Waals surface area contributed by atoms with Gasteiger partial charge in [-0.15, -0.1) is 0 Å². The van der Waals surface area contributed by atoms with Crippen molar-refractivity contribution in [1.82, 2.24) is 0 Å². The summed E-state index contributed by atoms with van der Waals surface area (Å²) in [4.78, 5) is 25.1. The Hall–Kier alpha value is -2.50. The van der Waals surface area contributed by atoms with Crippen LogP contribution in [0.15, 0.2) is 11.6 Å². The van der Waals surface area contributed by atoms with Gasteiger partial charge in [0.25, 0.3) is 0 Å². The first-order chi connectivity index (χ1) is 13.6. The SMILES string of the molecule is CCC[C@H](CC(=O)OC)c1c(O)c(CC=C(C)C)c(O)c2c1O[C@H](C)[C@H](C)C2=O. The van der Waals surface area contributed by atoms with Gasteiger partial charge in [0, 0.05) is 17.0 Å². The predicted octanol–water partition coefficient (Wildman–Crippen LogP) is 4.65. The Balaban J connectivity index is 2.79. The van der Waals surface area contributed by atoms with Crippen molar-refractivity contribution in [3.05, 3.63) is 28.3 Å². The molecule has 1 heterocycles. The molecular weight excluding hydrogens is 372 g/mol. The van der Waals surface area contributed by atoms with E-state index in [9.17, 15) is 19.8 Å². The molecule has 1 aliphatic heterocycles. The number of ether oxygens (including phenoxy) is 2. The molecule has 2 rings (SSSR count). The number of allylic oxidation sites excluding steroid dienone is 2. The summed E-state index contributed by atoms with van der Waals surface area (Å²) in [5.74, 6) is -1.60. The highest BCUT2D eigenvalue weighted by molar-refractivity contribution is 6.05. The lowest BCUT2D eigenvalue weighted by Crippen LogP contribution is -2.34. The van der Waals surface area contributed by atoms with Crippen LogP contribution in [0.5, 0.6) is 17.2 Å². The number of phenolic OH excluding ortho intramolecular Hbond substituents is 2. The average Bonchev–Trinajstić information content (AvgIpc) is 2.65. The molecule has 6 nitrogen and oxygen atoms in total. The maximum atomic E-state index is 13.0. The number of hydrogen-bond acceptors (Lipinski definition) is 6. The van der Waals surface area contributed by atoms with Crippen LogP contribution in [-0.4, -0.2) is 35.2 Å². The first-order valence-electron chi connectivity index (χ1n) is 10.2. The number of fused-ring (bicyclic) bond motifs is 1. The van der Waals surface area contributed by atoms with Crippen molar-refractivity contribution in [2.24, 2.45) is 5.92 Å². The van der Waals surface area contributed by atoms with Crippen LogP contribution >= 0.6 is 0 Å². The lowest BCUT2D eigenvalue weighted by molar-refractivity contribution is -0.141. The Bertz CT molecular complexity index is 819. The predicted molar refractivity (Wildman–Crippen MR) is 111 cm³/mol. The maximum absolute atomic E-state index is 13.0. The fourth-order valence-electron chi connectivity index (χ4n) is 3.71. The van der Waals surface area contributed by atoms with Gasteiger partial charge in [0.1, 0.15) is 28.9 Å². The smallest absolute Gasteiger partial charge is 0.306 e. The number of carbonyl (C=O) groups is 2. The van der Waals surface area contributed by atoms with Gasteiger partial charge in [0.2, 0.25) is 0 Å². The summed E-state index contributed by atoms with van der Waals surface area (Å²) in [5, 5.41) is 22.0. The number of phenols is 2. The summed E-state index contributed by atoms with van der Waals surface area (Å²) >= 11 is 0. The third kappa shape index (κ3) is 4.57. The molecule has 1 aliphatic rings. The monoisotopic (exact) mass is 404 g/mol. The van der Waals surface area contributed by atoms with E-state index in [1.165, 1.54) is 7.11 Å². The third-order valence-electron chi connectivity index (χ3n) is 5.60. The minimum absolute atomic E-state index is 0.0543. The molecule has 2 N–H and O–H groups in total. The molecule has 0 aromatic heterocycles.